The molecule has 3 nitrogen and oxygen atoms in total. The third-order valence-corrected chi connectivity index (χ3v) is 2.16. The summed E-state index contributed by atoms with van der Waals surface area (Å²) in [7, 11) is 0. The number of carbonyl (C=O) groups is 1. The smallest absolute Gasteiger partial charge is 0.253 e. The van der Waals surface area contributed by atoms with Crippen LogP contribution in [0.5, 0.6) is 0 Å². The predicted octanol–water partition coefficient (Wildman–Crippen LogP) is 1.25. The monoisotopic (exact) mass is 210 g/mol. The zero-order valence-electron chi connectivity index (χ0n) is 8.74. The Hall–Kier alpha value is -1.42. The van der Waals surface area contributed by atoms with E-state index in [1.807, 2.05) is 6.92 Å². The van der Waals surface area contributed by atoms with E-state index in [9.17, 15) is 9.18 Å². The van der Waals surface area contributed by atoms with Gasteiger partial charge < -0.3 is 10.6 Å². The highest BCUT2D eigenvalue weighted by molar-refractivity contribution is 5.94. The number of nitrogens with two attached hydrogens (primary N) is 1. The molecule has 82 valence electrons. The Kier molecular flexibility index (Phi) is 4.24. The number of benzene rings is 1. The molecular formula is C11H15FN2O. The van der Waals surface area contributed by atoms with Crippen molar-refractivity contribution in [3.63, 3.8) is 0 Å². The summed E-state index contributed by atoms with van der Waals surface area (Å²) in [6.45, 7) is 3.44. The van der Waals surface area contributed by atoms with E-state index in [1.54, 1.807) is 4.90 Å². The van der Waals surface area contributed by atoms with Crippen molar-refractivity contribution in [1.29, 1.82) is 0 Å². The topological polar surface area (TPSA) is 46.3 Å². The van der Waals surface area contributed by atoms with Crippen LogP contribution in [0.2, 0.25) is 0 Å². The minimum Gasteiger partial charge on any atom is -0.338 e. The molecule has 0 bridgehead atoms. The molecule has 4 heteroatoms. The molecule has 0 aromatic heterocycles. The molecule has 1 rings (SSSR count). The number of carbonyl (C=O) groups excluding carboxylic acids is 1. The first-order chi connectivity index (χ1) is 7.19. The van der Waals surface area contributed by atoms with Crippen LogP contribution in [-0.2, 0) is 0 Å². The molecule has 0 fully saturated rings. The molecule has 15 heavy (non-hydrogen) atoms. The van der Waals surface area contributed by atoms with E-state index in [2.05, 4.69) is 0 Å². The number of amides is 1. The van der Waals surface area contributed by atoms with Crippen molar-refractivity contribution in [3.05, 3.63) is 35.6 Å². The van der Waals surface area contributed by atoms with Crippen molar-refractivity contribution in [3.8, 4) is 0 Å². The van der Waals surface area contributed by atoms with Crippen LogP contribution in [0.4, 0.5) is 4.39 Å². The Morgan fingerprint density at radius 1 is 1.40 bits per heavy atom. The first kappa shape index (κ1) is 11.7. The zero-order chi connectivity index (χ0) is 11.3. The SMILES string of the molecule is CCN(CCN)C(=O)c1ccc(F)cc1. The lowest BCUT2D eigenvalue weighted by molar-refractivity contribution is 0.0769. The molecule has 0 saturated heterocycles. The standard InChI is InChI=1S/C11H15FN2O/c1-2-14(8-7-13)11(15)9-3-5-10(12)6-4-9/h3-6H,2,7-8,13H2,1H3. The lowest BCUT2D eigenvalue weighted by atomic mass is 10.2. The van der Waals surface area contributed by atoms with Crippen molar-refractivity contribution >= 4 is 5.91 Å². The van der Waals surface area contributed by atoms with Crippen LogP contribution in [0.15, 0.2) is 24.3 Å². The Morgan fingerprint density at radius 2 is 2.00 bits per heavy atom. The highest BCUT2D eigenvalue weighted by Crippen LogP contribution is 2.06. The molecule has 0 aliphatic rings. The van der Waals surface area contributed by atoms with E-state index in [-0.39, 0.29) is 11.7 Å². The highest BCUT2D eigenvalue weighted by atomic mass is 19.1. The van der Waals surface area contributed by atoms with Gasteiger partial charge in [0.05, 0.1) is 0 Å². The number of likely N-dealkylation sites (N-methyl/N-ethyl adjacent to an activating group) is 1. The van der Waals surface area contributed by atoms with Crippen molar-refractivity contribution in [2.24, 2.45) is 5.73 Å². The van der Waals surface area contributed by atoms with E-state index in [0.29, 0.717) is 25.2 Å². The van der Waals surface area contributed by atoms with Gasteiger partial charge in [0.25, 0.3) is 5.91 Å². The van der Waals surface area contributed by atoms with Gasteiger partial charge in [-0.15, -0.1) is 0 Å². The lowest BCUT2D eigenvalue weighted by Gasteiger charge is -2.19. The number of hydrogen-bond donors (Lipinski definition) is 1. The zero-order valence-corrected chi connectivity index (χ0v) is 8.74. The summed E-state index contributed by atoms with van der Waals surface area (Å²) in [5.74, 6) is -0.448. The average molecular weight is 210 g/mol. The molecule has 0 heterocycles. The molecule has 0 unspecified atom stereocenters. The molecule has 1 aromatic rings. The molecule has 1 aromatic carbocycles. The second-order valence-electron chi connectivity index (χ2n) is 3.18. The van der Waals surface area contributed by atoms with Crippen molar-refractivity contribution in [1.82, 2.24) is 4.90 Å². The van der Waals surface area contributed by atoms with Crippen molar-refractivity contribution in [2.45, 2.75) is 6.92 Å². The van der Waals surface area contributed by atoms with Crippen LogP contribution >= 0.6 is 0 Å². The normalized spacial score (nSPS) is 10.1. The molecular weight excluding hydrogens is 195 g/mol. The number of halogens is 1. The fourth-order valence-corrected chi connectivity index (χ4v) is 1.33. The van der Waals surface area contributed by atoms with Crippen LogP contribution in [-0.4, -0.2) is 30.4 Å². The van der Waals surface area contributed by atoms with E-state index in [0.717, 1.165) is 0 Å². The predicted molar refractivity (Wildman–Crippen MR) is 57.0 cm³/mol. The van der Waals surface area contributed by atoms with Gasteiger partial charge in [0.2, 0.25) is 0 Å². The Balaban J connectivity index is 2.78. The maximum atomic E-state index is 12.6. The summed E-state index contributed by atoms with van der Waals surface area (Å²) >= 11 is 0. The maximum Gasteiger partial charge on any atom is 0.253 e. The first-order valence-electron chi connectivity index (χ1n) is 4.94. The summed E-state index contributed by atoms with van der Waals surface area (Å²) in [4.78, 5) is 13.5. The van der Waals surface area contributed by atoms with E-state index < -0.39 is 0 Å². The van der Waals surface area contributed by atoms with Crippen LogP contribution < -0.4 is 5.73 Å². The third kappa shape index (κ3) is 3.02. The lowest BCUT2D eigenvalue weighted by Crippen LogP contribution is -2.35. The fraction of sp³-hybridized carbons (Fsp3) is 0.364. The van der Waals surface area contributed by atoms with Gasteiger partial charge in [-0.25, -0.2) is 4.39 Å². The molecule has 0 aliphatic heterocycles. The fourth-order valence-electron chi connectivity index (χ4n) is 1.33. The third-order valence-electron chi connectivity index (χ3n) is 2.16. The summed E-state index contributed by atoms with van der Waals surface area (Å²) < 4.78 is 12.6. The molecule has 0 radical (unpaired) electrons. The van der Waals surface area contributed by atoms with Crippen LogP contribution in [0.3, 0.4) is 0 Å². The van der Waals surface area contributed by atoms with Gasteiger partial charge in [-0.05, 0) is 31.2 Å². The van der Waals surface area contributed by atoms with E-state index >= 15 is 0 Å². The van der Waals surface area contributed by atoms with Gasteiger partial charge >= 0.3 is 0 Å². The number of rotatable bonds is 4. The largest absolute Gasteiger partial charge is 0.338 e. The maximum absolute atomic E-state index is 12.6. The molecule has 0 atom stereocenters. The average Bonchev–Trinajstić information content (AvgIpc) is 2.26. The van der Waals surface area contributed by atoms with Crippen molar-refractivity contribution in [2.75, 3.05) is 19.6 Å². The van der Waals surface area contributed by atoms with E-state index in [4.69, 9.17) is 5.73 Å². The Bertz CT molecular complexity index is 324. The molecule has 0 spiro atoms. The molecule has 0 aliphatic carbocycles. The van der Waals surface area contributed by atoms with Gasteiger partial charge in [0, 0.05) is 25.2 Å². The van der Waals surface area contributed by atoms with Gasteiger partial charge in [0.15, 0.2) is 0 Å². The minimum absolute atomic E-state index is 0.108. The summed E-state index contributed by atoms with van der Waals surface area (Å²) in [6.07, 6.45) is 0. The quantitative estimate of drug-likeness (QED) is 0.812. The molecule has 0 saturated carbocycles. The Morgan fingerprint density at radius 3 is 2.47 bits per heavy atom. The van der Waals surface area contributed by atoms with Crippen molar-refractivity contribution < 1.29 is 9.18 Å². The van der Waals surface area contributed by atoms with Crippen LogP contribution in [0, 0.1) is 5.82 Å². The highest BCUT2D eigenvalue weighted by Gasteiger charge is 2.12. The molecule has 1 amide bonds. The first-order valence-corrected chi connectivity index (χ1v) is 4.94. The summed E-state index contributed by atoms with van der Waals surface area (Å²) in [5, 5.41) is 0. The van der Waals surface area contributed by atoms with Gasteiger partial charge in [0.1, 0.15) is 5.82 Å². The number of hydrogen-bond acceptors (Lipinski definition) is 2. The van der Waals surface area contributed by atoms with Crippen LogP contribution in [0.1, 0.15) is 17.3 Å². The number of nitrogens with zero attached hydrogens (tertiary/aromatic N) is 1. The second-order valence-corrected chi connectivity index (χ2v) is 3.18. The van der Waals surface area contributed by atoms with Gasteiger partial charge in [-0.1, -0.05) is 0 Å². The van der Waals surface area contributed by atoms with Gasteiger partial charge in [-0.3, -0.25) is 4.79 Å². The Labute approximate surface area is 88.7 Å². The summed E-state index contributed by atoms with van der Waals surface area (Å²) in [5.41, 5.74) is 5.88. The van der Waals surface area contributed by atoms with Crippen LogP contribution in [0.25, 0.3) is 0 Å². The summed E-state index contributed by atoms with van der Waals surface area (Å²) in [6, 6.07) is 5.53. The minimum atomic E-state index is -0.339. The van der Waals surface area contributed by atoms with E-state index in [1.165, 1.54) is 24.3 Å². The van der Waals surface area contributed by atoms with Gasteiger partial charge in [-0.2, -0.15) is 0 Å². The second kappa shape index (κ2) is 5.46. The molecule has 2 N–H and O–H groups in total.